The number of ether oxygens (including phenoxy) is 3. The predicted molar refractivity (Wildman–Crippen MR) is 161 cm³/mol. The number of hydrogen-bond donors (Lipinski definition) is 1. The number of hydrogen-bond acceptors (Lipinski definition) is 9. The highest BCUT2D eigenvalue weighted by Gasteiger charge is 2.34. The molecule has 4 rings (SSSR count). The van der Waals surface area contributed by atoms with E-state index in [1.165, 1.54) is 15.9 Å². The molecule has 3 aromatic rings. The second-order valence-corrected chi connectivity index (χ2v) is 10.3. The van der Waals surface area contributed by atoms with E-state index in [-0.39, 0.29) is 23.5 Å². The van der Waals surface area contributed by atoms with E-state index < -0.39 is 12.0 Å². The molecule has 0 saturated carbocycles. The summed E-state index contributed by atoms with van der Waals surface area (Å²) in [6.07, 6.45) is 1.66. The van der Waals surface area contributed by atoms with Crippen LogP contribution >= 0.6 is 11.3 Å². The second kappa shape index (κ2) is 13.1. The Labute approximate surface area is 243 Å². The van der Waals surface area contributed by atoms with Crippen molar-refractivity contribution in [3.63, 3.8) is 0 Å². The van der Waals surface area contributed by atoms with E-state index in [1.807, 2.05) is 26.0 Å². The largest absolute Gasteiger partial charge is 0.507 e. The summed E-state index contributed by atoms with van der Waals surface area (Å²) in [6.45, 7) is 14.0. The number of rotatable bonds is 11. The first-order chi connectivity index (χ1) is 19.8. The molecule has 218 valence electrons. The highest BCUT2D eigenvalue weighted by molar-refractivity contribution is 7.07. The summed E-state index contributed by atoms with van der Waals surface area (Å²) >= 11 is 1.20. The lowest BCUT2D eigenvalue weighted by atomic mass is 9.95. The van der Waals surface area contributed by atoms with Gasteiger partial charge in [0, 0.05) is 30.4 Å². The number of allylic oxidation sites excluding steroid dienone is 1. The van der Waals surface area contributed by atoms with Crippen LogP contribution in [0.3, 0.4) is 0 Å². The fraction of sp³-hybridized carbons (Fsp3) is 0.387. The van der Waals surface area contributed by atoms with Gasteiger partial charge in [-0.25, -0.2) is 9.79 Å². The molecular weight excluding hydrogens is 542 g/mol. The number of benzene rings is 2. The number of thiazole rings is 1. The van der Waals surface area contributed by atoms with Crippen molar-refractivity contribution in [3.8, 4) is 17.2 Å². The van der Waals surface area contributed by atoms with Crippen molar-refractivity contribution in [2.45, 2.75) is 47.6 Å². The summed E-state index contributed by atoms with van der Waals surface area (Å²) in [7, 11) is 0. The highest BCUT2D eigenvalue weighted by Crippen LogP contribution is 2.36. The van der Waals surface area contributed by atoms with E-state index in [0.29, 0.717) is 50.9 Å². The zero-order valence-electron chi connectivity index (χ0n) is 24.4. The maximum Gasteiger partial charge on any atom is 0.338 e. The summed E-state index contributed by atoms with van der Waals surface area (Å²) in [5, 5.41) is 10.8. The van der Waals surface area contributed by atoms with Crippen molar-refractivity contribution in [1.82, 2.24) is 4.57 Å². The molecule has 0 bridgehead atoms. The van der Waals surface area contributed by atoms with Gasteiger partial charge >= 0.3 is 5.97 Å². The van der Waals surface area contributed by atoms with Gasteiger partial charge in [0.1, 0.15) is 5.75 Å². The quantitative estimate of drug-likeness (QED) is 0.341. The molecule has 0 saturated heterocycles. The molecule has 0 amide bonds. The van der Waals surface area contributed by atoms with Crippen molar-refractivity contribution in [3.05, 3.63) is 78.5 Å². The molecule has 10 heteroatoms. The molecule has 0 unspecified atom stereocenters. The standard InChI is InChI=1S/C31H37N3O6S/c1-7-33(8-2)22-14-12-20(23(35)18-22)17-26-29(36)34-28(21-13-15-24(38-9-3)25(16-21)39-10-4)27(30(37)40-11-5)19(6)32-31(34)41-26/h12-18,28,35H,7-11H2,1-6H3/b26-17-/t28-/m0/s1. The Kier molecular flexibility index (Phi) is 9.54. The van der Waals surface area contributed by atoms with E-state index in [0.717, 1.165) is 18.8 Å². The Balaban J connectivity index is 1.91. The normalized spacial score (nSPS) is 14.9. The molecule has 2 heterocycles. The number of aromatic nitrogens is 1. The lowest BCUT2D eigenvalue weighted by molar-refractivity contribution is -0.139. The molecule has 0 fully saturated rings. The van der Waals surface area contributed by atoms with Gasteiger partial charge in [0.25, 0.3) is 5.56 Å². The Hall–Kier alpha value is -4.05. The van der Waals surface area contributed by atoms with E-state index in [4.69, 9.17) is 14.2 Å². The first-order valence-electron chi connectivity index (χ1n) is 13.9. The number of nitrogens with zero attached hydrogens (tertiary/aromatic N) is 3. The minimum absolute atomic E-state index is 0.0769. The van der Waals surface area contributed by atoms with E-state index in [2.05, 4.69) is 23.7 Å². The van der Waals surface area contributed by atoms with Crippen LogP contribution in [0.15, 0.2) is 57.5 Å². The SMILES string of the molecule is CCOC(=O)C1=C(C)N=c2s/c(=C\c3ccc(N(CC)CC)cc3O)c(=O)n2[C@H]1c1ccc(OCC)c(OCC)c1. The number of phenolic OH excluding ortho intramolecular Hbond substituents is 1. The maximum atomic E-state index is 14.0. The van der Waals surface area contributed by atoms with Crippen LogP contribution in [0.2, 0.25) is 0 Å². The van der Waals surface area contributed by atoms with Crippen molar-refractivity contribution in [2.24, 2.45) is 4.99 Å². The fourth-order valence-corrected chi connectivity index (χ4v) is 5.96. The molecule has 0 radical (unpaired) electrons. The molecule has 1 aromatic heterocycles. The predicted octanol–water partition coefficient (Wildman–Crippen LogP) is 4.15. The average molecular weight is 580 g/mol. The summed E-state index contributed by atoms with van der Waals surface area (Å²) in [6, 6.07) is 10.0. The maximum absolute atomic E-state index is 14.0. The molecule has 0 spiro atoms. The van der Waals surface area contributed by atoms with Gasteiger partial charge in [-0.15, -0.1) is 0 Å². The van der Waals surface area contributed by atoms with Crippen molar-refractivity contribution in [2.75, 3.05) is 37.8 Å². The topological polar surface area (TPSA) is 103 Å². The lowest BCUT2D eigenvalue weighted by Crippen LogP contribution is -2.40. The average Bonchev–Trinajstić information content (AvgIpc) is 3.25. The monoisotopic (exact) mass is 579 g/mol. The molecular formula is C31H37N3O6S. The van der Waals surface area contributed by atoms with Gasteiger partial charge in [0.2, 0.25) is 0 Å². The number of carbonyl (C=O) groups is 1. The Morgan fingerprint density at radius 1 is 1.02 bits per heavy atom. The molecule has 1 aliphatic heterocycles. The number of carbonyl (C=O) groups excluding carboxylic acids is 1. The van der Waals surface area contributed by atoms with E-state index in [1.54, 1.807) is 44.2 Å². The molecule has 41 heavy (non-hydrogen) atoms. The minimum Gasteiger partial charge on any atom is -0.507 e. The fourth-order valence-electron chi connectivity index (χ4n) is 4.93. The molecule has 0 aliphatic carbocycles. The Morgan fingerprint density at radius 2 is 1.73 bits per heavy atom. The van der Waals surface area contributed by atoms with E-state index in [9.17, 15) is 14.7 Å². The van der Waals surface area contributed by atoms with Gasteiger partial charge in [-0.05, 0) is 77.4 Å². The number of esters is 1. The smallest absolute Gasteiger partial charge is 0.338 e. The van der Waals surface area contributed by atoms with Crippen molar-refractivity contribution < 1.29 is 24.1 Å². The van der Waals surface area contributed by atoms with Crippen LogP contribution in [0.1, 0.15) is 58.7 Å². The summed E-state index contributed by atoms with van der Waals surface area (Å²) in [5.41, 5.74) is 2.51. The number of anilines is 1. The Morgan fingerprint density at radius 3 is 2.37 bits per heavy atom. The zero-order valence-corrected chi connectivity index (χ0v) is 25.2. The Bertz CT molecular complexity index is 1630. The number of aromatic hydroxyl groups is 1. The van der Waals surface area contributed by atoms with Gasteiger partial charge in [0.15, 0.2) is 16.3 Å². The third kappa shape index (κ3) is 6.02. The third-order valence-electron chi connectivity index (χ3n) is 6.83. The van der Waals surface area contributed by atoms with E-state index >= 15 is 0 Å². The number of phenols is 1. The molecule has 1 N–H and O–H groups in total. The molecule has 1 aliphatic rings. The van der Waals surface area contributed by atoms with Crippen LogP contribution in [-0.2, 0) is 9.53 Å². The summed E-state index contributed by atoms with van der Waals surface area (Å²) in [5.74, 6) is 0.634. The van der Waals surface area contributed by atoms with Crippen LogP contribution < -0.4 is 29.3 Å². The van der Waals surface area contributed by atoms with Crippen LogP contribution in [0.25, 0.3) is 6.08 Å². The summed E-state index contributed by atoms with van der Waals surface area (Å²) < 4.78 is 18.9. The first kappa shape index (κ1) is 29.9. The third-order valence-corrected chi connectivity index (χ3v) is 7.81. The van der Waals surface area contributed by atoms with Gasteiger partial charge in [0.05, 0.1) is 41.7 Å². The van der Waals surface area contributed by atoms with Gasteiger partial charge < -0.3 is 24.2 Å². The van der Waals surface area contributed by atoms with Gasteiger partial charge in [-0.3, -0.25) is 9.36 Å². The van der Waals surface area contributed by atoms with Gasteiger partial charge in [-0.1, -0.05) is 17.4 Å². The molecule has 1 atom stereocenters. The van der Waals surface area contributed by atoms with Crippen LogP contribution in [0.5, 0.6) is 17.2 Å². The first-order valence-corrected chi connectivity index (χ1v) is 14.8. The van der Waals surface area contributed by atoms with Crippen molar-refractivity contribution >= 4 is 29.1 Å². The van der Waals surface area contributed by atoms with Gasteiger partial charge in [-0.2, -0.15) is 0 Å². The molecule has 9 nitrogen and oxygen atoms in total. The van der Waals surface area contributed by atoms with Crippen LogP contribution in [-0.4, -0.2) is 48.6 Å². The summed E-state index contributed by atoms with van der Waals surface area (Å²) in [4.78, 5) is 34.4. The number of fused-ring (bicyclic) bond motifs is 1. The second-order valence-electron chi connectivity index (χ2n) is 9.29. The zero-order chi connectivity index (χ0) is 29.7. The van der Waals surface area contributed by atoms with Crippen molar-refractivity contribution in [1.29, 1.82) is 0 Å². The lowest BCUT2D eigenvalue weighted by Gasteiger charge is -2.25. The molecule has 2 aromatic carbocycles. The van der Waals surface area contributed by atoms with Crippen LogP contribution in [0, 0.1) is 0 Å². The highest BCUT2D eigenvalue weighted by atomic mass is 32.1. The van der Waals surface area contributed by atoms with Crippen LogP contribution in [0.4, 0.5) is 5.69 Å². The minimum atomic E-state index is -0.791.